The van der Waals surface area contributed by atoms with Crippen LogP contribution in [0.4, 0.5) is 4.79 Å². The van der Waals surface area contributed by atoms with E-state index in [1.165, 1.54) is 0 Å². The predicted molar refractivity (Wildman–Crippen MR) is 105 cm³/mol. The number of aliphatic hydroxyl groups excluding tert-OH is 3. The molecule has 1 amide bonds. The van der Waals surface area contributed by atoms with Gasteiger partial charge < -0.3 is 24.8 Å². The molecule has 0 radical (unpaired) electrons. The largest absolute Gasteiger partial charge is 0.448 e. The highest BCUT2D eigenvalue weighted by Gasteiger charge is 2.42. The van der Waals surface area contributed by atoms with Crippen molar-refractivity contribution in [3.8, 4) is 11.1 Å². The van der Waals surface area contributed by atoms with E-state index < -0.39 is 36.6 Å². The first-order chi connectivity index (χ1) is 14.0. The monoisotopic (exact) mass is 399 g/mol. The van der Waals surface area contributed by atoms with Crippen molar-refractivity contribution in [2.45, 2.75) is 37.4 Å². The zero-order chi connectivity index (χ0) is 20.5. The second kappa shape index (κ2) is 8.12. The first-order valence-corrected chi connectivity index (χ1v) is 9.75. The second-order valence-electron chi connectivity index (χ2n) is 7.59. The second-order valence-corrected chi connectivity index (χ2v) is 7.59. The molecule has 1 heterocycles. The molecule has 29 heavy (non-hydrogen) atoms. The minimum atomic E-state index is -1.31. The Hall–Kier alpha value is -2.45. The van der Waals surface area contributed by atoms with Crippen molar-refractivity contribution in [1.82, 2.24) is 5.32 Å². The Morgan fingerprint density at radius 2 is 1.62 bits per heavy atom. The molecule has 2 aromatic carbocycles. The van der Waals surface area contributed by atoms with Gasteiger partial charge in [-0.15, -0.1) is 0 Å². The molecule has 1 aliphatic carbocycles. The predicted octanol–water partition coefficient (Wildman–Crippen LogP) is 1.60. The number of ether oxygens (including phenoxy) is 2. The molecule has 2 unspecified atom stereocenters. The molecule has 4 N–H and O–H groups in total. The number of amides is 1. The highest BCUT2D eigenvalue weighted by Crippen LogP contribution is 2.44. The summed E-state index contributed by atoms with van der Waals surface area (Å²) >= 11 is 0. The molecule has 1 aliphatic heterocycles. The molecule has 154 valence electrons. The summed E-state index contributed by atoms with van der Waals surface area (Å²) in [5, 5.41) is 32.1. The van der Waals surface area contributed by atoms with E-state index in [4.69, 9.17) is 9.47 Å². The third-order valence-electron chi connectivity index (χ3n) is 5.89. The summed E-state index contributed by atoms with van der Waals surface area (Å²) in [7, 11) is 0. The van der Waals surface area contributed by atoms with Crippen LogP contribution in [0.15, 0.2) is 48.5 Å². The van der Waals surface area contributed by atoms with Gasteiger partial charge in [-0.3, -0.25) is 5.32 Å². The van der Waals surface area contributed by atoms with Crippen LogP contribution < -0.4 is 5.32 Å². The summed E-state index contributed by atoms with van der Waals surface area (Å²) in [6, 6.07) is 16.0. The summed E-state index contributed by atoms with van der Waals surface area (Å²) < 4.78 is 10.9. The average Bonchev–Trinajstić information content (AvgIpc) is 3.06. The number of alkyl carbamates (subject to hydrolysis) is 1. The van der Waals surface area contributed by atoms with Crippen LogP contribution in [0.5, 0.6) is 0 Å². The number of aliphatic hydroxyl groups is 3. The first kappa shape index (κ1) is 19.8. The van der Waals surface area contributed by atoms with Crippen molar-refractivity contribution in [3.05, 3.63) is 59.7 Å². The Morgan fingerprint density at radius 1 is 1.03 bits per heavy atom. The molecule has 1 fully saturated rings. The van der Waals surface area contributed by atoms with Crippen molar-refractivity contribution in [3.63, 3.8) is 0 Å². The van der Waals surface area contributed by atoms with Crippen LogP contribution in [0.2, 0.25) is 0 Å². The fourth-order valence-corrected chi connectivity index (χ4v) is 4.19. The van der Waals surface area contributed by atoms with Crippen LogP contribution in [0.3, 0.4) is 0 Å². The lowest BCUT2D eigenvalue weighted by Crippen LogP contribution is -2.60. The fourth-order valence-electron chi connectivity index (χ4n) is 4.19. The minimum absolute atomic E-state index is 0.0823. The quantitative estimate of drug-likeness (QED) is 0.622. The average molecular weight is 399 g/mol. The van der Waals surface area contributed by atoms with Gasteiger partial charge in [-0.2, -0.15) is 0 Å². The maximum absolute atomic E-state index is 12.4. The zero-order valence-electron chi connectivity index (χ0n) is 16.1. The van der Waals surface area contributed by atoms with E-state index in [0.29, 0.717) is 0 Å². The van der Waals surface area contributed by atoms with Gasteiger partial charge in [0.05, 0.1) is 18.8 Å². The molecule has 5 atom stereocenters. The zero-order valence-corrected chi connectivity index (χ0v) is 16.1. The van der Waals surface area contributed by atoms with E-state index >= 15 is 0 Å². The molecule has 2 aromatic rings. The summed E-state index contributed by atoms with van der Waals surface area (Å²) in [5.41, 5.74) is 4.46. The molecule has 0 bridgehead atoms. The third-order valence-corrected chi connectivity index (χ3v) is 5.89. The molecular weight excluding hydrogens is 374 g/mol. The maximum Gasteiger partial charge on any atom is 0.409 e. The number of hydrogen-bond donors (Lipinski definition) is 4. The summed E-state index contributed by atoms with van der Waals surface area (Å²) in [4.78, 5) is 12.4. The first-order valence-electron chi connectivity index (χ1n) is 9.75. The van der Waals surface area contributed by atoms with Gasteiger partial charge in [-0.1, -0.05) is 55.5 Å². The smallest absolute Gasteiger partial charge is 0.409 e. The van der Waals surface area contributed by atoms with Crippen LogP contribution in [0.25, 0.3) is 11.1 Å². The maximum atomic E-state index is 12.4. The van der Waals surface area contributed by atoms with E-state index in [1.54, 1.807) is 6.92 Å². The van der Waals surface area contributed by atoms with Crippen molar-refractivity contribution in [2.75, 3.05) is 13.2 Å². The molecule has 7 nitrogen and oxygen atoms in total. The van der Waals surface area contributed by atoms with Crippen LogP contribution in [0.1, 0.15) is 24.0 Å². The van der Waals surface area contributed by atoms with E-state index in [1.807, 2.05) is 36.4 Å². The number of rotatable bonds is 4. The van der Waals surface area contributed by atoms with E-state index in [2.05, 4.69) is 17.4 Å². The summed E-state index contributed by atoms with van der Waals surface area (Å²) in [6.45, 7) is 1.47. The lowest BCUT2D eigenvalue weighted by Gasteiger charge is -2.40. The Morgan fingerprint density at radius 3 is 2.21 bits per heavy atom. The Bertz CT molecular complexity index is 840. The van der Waals surface area contributed by atoms with E-state index in [9.17, 15) is 20.1 Å². The molecule has 0 saturated carbocycles. The number of carbonyl (C=O) groups is 1. The number of nitrogens with one attached hydrogen (secondary N) is 1. The Balaban J connectivity index is 1.43. The molecule has 7 heteroatoms. The lowest BCUT2D eigenvalue weighted by atomic mass is 9.90. The SMILES string of the molecule is C[C@H]1C(CO)O[C@@H](NC(=O)OCC2c3ccccc3-c3ccccc32)C(O)[C@H]1O. The Labute approximate surface area is 168 Å². The van der Waals surface area contributed by atoms with Gasteiger partial charge in [0.2, 0.25) is 0 Å². The number of hydrogen-bond acceptors (Lipinski definition) is 6. The van der Waals surface area contributed by atoms with Crippen molar-refractivity contribution in [1.29, 1.82) is 0 Å². The number of fused-ring (bicyclic) bond motifs is 3. The van der Waals surface area contributed by atoms with E-state index in [0.717, 1.165) is 22.3 Å². The van der Waals surface area contributed by atoms with Crippen molar-refractivity contribution < 1.29 is 29.6 Å². The van der Waals surface area contributed by atoms with Gasteiger partial charge in [0, 0.05) is 11.8 Å². The van der Waals surface area contributed by atoms with Gasteiger partial charge in [-0.05, 0) is 22.3 Å². The van der Waals surface area contributed by atoms with Crippen LogP contribution in [-0.4, -0.2) is 59.2 Å². The summed E-state index contributed by atoms with van der Waals surface area (Å²) in [5.74, 6) is -0.545. The lowest BCUT2D eigenvalue weighted by molar-refractivity contribution is -0.210. The standard InChI is InChI=1S/C22H25NO6/c1-12-18(10-24)29-21(20(26)19(12)25)23-22(27)28-11-17-15-8-4-2-6-13(15)14-7-3-5-9-16(14)17/h2-9,12,17-21,24-26H,10-11H2,1H3,(H,23,27)/t12-,18?,19-,20?,21+/m0/s1. The van der Waals surface area contributed by atoms with E-state index in [-0.39, 0.29) is 19.1 Å². The van der Waals surface area contributed by atoms with Crippen LogP contribution >= 0.6 is 0 Å². The van der Waals surface area contributed by atoms with Gasteiger partial charge in [0.1, 0.15) is 12.7 Å². The normalized spacial score (nSPS) is 28.5. The minimum Gasteiger partial charge on any atom is -0.448 e. The number of carbonyl (C=O) groups excluding carboxylic acids is 1. The van der Waals surface area contributed by atoms with Crippen LogP contribution in [0, 0.1) is 5.92 Å². The molecule has 4 rings (SSSR count). The van der Waals surface area contributed by atoms with Gasteiger partial charge in [0.15, 0.2) is 6.23 Å². The van der Waals surface area contributed by atoms with Crippen molar-refractivity contribution >= 4 is 6.09 Å². The van der Waals surface area contributed by atoms with Gasteiger partial charge in [-0.25, -0.2) is 4.79 Å². The molecular formula is C22H25NO6. The molecule has 1 saturated heterocycles. The highest BCUT2D eigenvalue weighted by atomic mass is 16.6. The van der Waals surface area contributed by atoms with Crippen molar-refractivity contribution in [2.24, 2.45) is 5.92 Å². The number of benzene rings is 2. The van der Waals surface area contributed by atoms with Gasteiger partial charge in [0.25, 0.3) is 0 Å². The topological polar surface area (TPSA) is 108 Å². The van der Waals surface area contributed by atoms with Gasteiger partial charge >= 0.3 is 6.09 Å². The highest BCUT2D eigenvalue weighted by molar-refractivity contribution is 5.79. The molecule has 2 aliphatic rings. The molecule has 0 spiro atoms. The Kier molecular flexibility index (Phi) is 5.56. The third kappa shape index (κ3) is 3.62. The molecule has 0 aromatic heterocycles. The fraction of sp³-hybridized carbons (Fsp3) is 0.409. The van der Waals surface area contributed by atoms with Crippen LogP contribution in [-0.2, 0) is 9.47 Å². The summed E-state index contributed by atoms with van der Waals surface area (Å²) in [6.07, 6.45) is -5.04.